The molecule has 2 aromatic rings. The third-order valence-corrected chi connectivity index (χ3v) is 2.99. The van der Waals surface area contributed by atoms with Crippen LogP contribution in [0.1, 0.15) is 5.56 Å². The molecule has 0 aliphatic heterocycles. The smallest absolute Gasteiger partial charge is 0.173 e. The summed E-state index contributed by atoms with van der Waals surface area (Å²) in [4.78, 5) is 7.80. The second kappa shape index (κ2) is 6.78. The molecule has 0 radical (unpaired) electrons. The van der Waals surface area contributed by atoms with Gasteiger partial charge in [-0.05, 0) is 29.9 Å². The molecule has 1 aromatic carbocycles. The van der Waals surface area contributed by atoms with E-state index < -0.39 is 0 Å². The Labute approximate surface area is 130 Å². The molecule has 1 aromatic heterocycles. The third-order valence-electron chi connectivity index (χ3n) is 2.30. The molecule has 0 aliphatic rings. The van der Waals surface area contributed by atoms with Crippen LogP contribution in [0.2, 0.25) is 10.3 Å². The van der Waals surface area contributed by atoms with Crippen LogP contribution in [0.4, 0.5) is 10.2 Å². The molecule has 0 unspecified atom stereocenters. The van der Waals surface area contributed by atoms with E-state index in [4.69, 9.17) is 35.4 Å². The molecular weight excluding hydrogens is 322 g/mol. The lowest BCUT2D eigenvalue weighted by Crippen LogP contribution is -2.28. The summed E-state index contributed by atoms with van der Waals surface area (Å²) in [6.07, 6.45) is 1.36. The maximum atomic E-state index is 12.8. The van der Waals surface area contributed by atoms with E-state index in [1.165, 1.54) is 18.3 Å². The monoisotopic (exact) mass is 330 g/mol. The molecule has 0 amide bonds. The van der Waals surface area contributed by atoms with E-state index in [0.29, 0.717) is 17.5 Å². The molecule has 0 saturated carbocycles. The minimum atomic E-state index is -0.280. The van der Waals surface area contributed by atoms with E-state index in [1.807, 2.05) is 0 Å². The Kier molecular flexibility index (Phi) is 5.05. The standard InChI is InChI=1S/C12H9Cl2FN4S/c13-9-6-16-11(10(14)18-9)19-12(20)17-5-7-1-3-8(15)4-2-7/h1-4,6H,5H2,(H2,16,17,19,20). The van der Waals surface area contributed by atoms with Crippen LogP contribution in [-0.4, -0.2) is 15.1 Å². The van der Waals surface area contributed by atoms with Gasteiger partial charge in [0.25, 0.3) is 0 Å². The molecular formula is C12H9Cl2FN4S. The summed E-state index contributed by atoms with van der Waals surface area (Å²) in [6, 6.07) is 6.10. The van der Waals surface area contributed by atoms with Gasteiger partial charge in [0.15, 0.2) is 16.1 Å². The lowest BCUT2D eigenvalue weighted by molar-refractivity contribution is 0.627. The largest absolute Gasteiger partial charge is 0.358 e. The quantitative estimate of drug-likeness (QED) is 0.844. The van der Waals surface area contributed by atoms with Crippen molar-refractivity contribution >= 4 is 46.4 Å². The van der Waals surface area contributed by atoms with Crippen molar-refractivity contribution in [2.45, 2.75) is 6.54 Å². The van der Waals surface area contributed by atoms with Crippen molar-refractivity contribution < 1.29 is 4.39 Å². The summed E-state index contributed by atoms with van der Waals surface area (Å²) in [5.41, 5.74) is 0.892. The highest BCUT2D eigenvalue weighted by atomic mass is 35.5. The number of aromatic nitrogens is 2. The van der Waals surface area contributed by atoms with E-state index in [-0.39, 0.29) is 16.1 Å². The Bertz CT molecular complexity index is 621. The molecule has 1 heterocycles. The Balaban J connectivity index is 1.90. The number of benzene rings is 1. The number of hydrogen-bond acceptors (Lipinski definition) is 3. The van der Waals surface area contributed by atoms with Gasteiger partial charge in [-0.15, -0.1) is 0 Å². The number of nitrogens with one attached hydrogen (secondary N) is 2. The second-order valence-corrected chi connectivity index (χ2v) is 4.92. The van der Waals surface area contributed by atoms with Crippen molar-refractivity contribution in [2.24, 2.45) is 0 Å². The Morgan fingerprint density at radius 3 is 2.60 bits per heavy atom. The summed E-state index contributed by atoms with van der Waals surface area (Å²) in [7, 11) is 0. The molecule has 0 fully saturated rings. The fourth-order valence-corrected chi connectivity index (χ4v) is 1.90. The molecule has 8 heteroatoms. The lowest BCUT2D eigenvalue weighted by Gasteiger charge is -2.10. The van der Waals surface area contributed by atoms with E-state index >= 15 is 0 Å². The fraction of sp³-hybridized carbons (Fsp3) is 0.0833. The van der Waals surface area contributed by atoms with Crippen molar-refractivity contribution in [3.05, 3.63) is 52.1 Å². The van der Waals surface area contributed by atoms with Crippen LogP contribution in [0.25, 0.3) is 0 Å². The summed E-state index contributed by atoms with van der Waals surface area (Å²) < 4.78 is 12.8. The van der Waals surface area contributed by atoms with E-state index in [0.717, 1.165) is 5.56 Å². The SMILES string of the molecule is Fc1ccc(CNC(=S)Nc2ncc(Cl)nc2Cl)cc1. The summed E-state index contributed by atoms with van der Waals surface area (Å²) >= 11 is 16.6. The van der Waals surface area contributed by atoms with Gasteiger partial charge < -0.3 is 10.6 Å². The van der Waals surface area contributed by atoms with Crippen molar-refractivity contribution in [1.29, 1.82) is 0 Å². The van der Waals surface area contributed by atoms with Gasteiger partial charge >= 0.3 is 0 Å². The van der Waals surface area contributed by atoms with Crippen molar-refractivity contribution in [3.63, 3.8) is 0 Å². The van der Waals surface area contributed by atoms with Crippen LogP contribution in [0.3, 0.4) is 0 Å². The average Bonchev–Trinajstić information content (AvgIpc) is 2.41. The van der Waals surface area contributed by atoms with Gasteiger partial charge in [0.2, 0.25) is 0 Å². The van der Waals surface area contributed by atoms with Gasteiger partial charge in [-0.2, -0.15) is 0 Å². The first-order valence-corrected chi connectivity index (χ1v) is 6.68. The molecule has 0 bridgehead atoms. The average molecular weight is 331 g/mol. The maximum Gasteiger partial charge on any atom is 0.173 e. The Morgan fingerprint density at radius 1 is 1.25 bits per heavy atom. The van der Waals surface area contributed by atoms with Crippen LogP contribution in [-0.2, 0) is 6.54 Å². The Morgan fingerprint density at radius 2 is 1.95 bits per heavy atom. The van der Waals surface area contributed by atoms with Crippen molar-refractivity contribution in [3.8, 4) is 0 Å². The van der Waals surface area contributed by atoms with Gasteiger partial charge in [0.05, 0.1) is 6.20 Å². The number of rotatable bonds is 3. The zero-order valence-electron chi connectivity index (χ0n) is 10.0. The second-order valence-electron chi connectivity index (χ2n) is 3.77. The molecule has 4 nitrogen and oxygen atoms in total. The minimum absolute atomic E-state index is 0.128. The first kappa shape index (κ1) is 14.9. The molecule has 0 spiro atoms. The van der Waals surface area contributed by atoms with Crippen LogP contribution >= 0.6 is 35.4 Å². The van der Waals surface area contributed by atoms with Crippen molar-refractivity contribution in [1.82, 2.24) is 15.3 Å². The first-order valence-electron chi connectivity index (χ1n) is 5.52. The third kappa shape index (κ3) is 4.26. The highest BCUT2D eigenvalue weighted by Gasteiger charge is 2.06. The van der Waals surface area contributed by atoms with Crippen LogP contribution in [0, 0.1) is 5.82 Å². The molecule has 104 valence electrons. The van der Waals surface area contributed by atoms with Crippen LogP contribution in [0.5, 0.6) is 0 Å². The summed E-state index contributed by atoms with van der Waals surface area (Å²) in [5, 5.41) is 6.40. The molecule has 0 aliphatic carbocycles. The first-order chi connectivity index (χ1) is 9.54. The van der Waals surface area contributed by atoms with E-state index in [2.05, 4.69) is 20.6 Å². The van der Waals surface area contributed by atoms with Gasteiger partial charge in [-0.3, -0.25) is 0 Å². The Hall–Kier alpha value is -1.50. The lowest BCUT2D eigenvalue weighted by atomic mass is 10.2. The minimum Gasteiger partial charge on any atom is -0.358 e. The number of thiocarbonyl (C=S) groups is 1. The molecule has 2 N–H and O–H groups in total. The number of halogens is 3. The molecule has 20 heavy (non-hydrogen) atoms. The highest BCUT2D eigenvalue weighted by Crippen LogP contribution is 2.18. The van der Waals surface area contributed by atoms with Gasteiger partial charge in [0.1, 0.15) is 11.0 Å². The van der Waals surface area contributed by atoms with E-state index in [1.54, 1.807) is 12.1 Å². The van der Waals surface area contributed by atoms with Gasteiger partial charge in [-0.1, -0.05) is 35.3 Å². The molecule has 0 saturated heterocycles. The molecule has 2 rings (SSSR count). The normalized spacial score (nSPS) is 10.2. The molecule has 0 atom stereocenters. The van der Waals surface area contributed by atoms with Crippen LogP contribution in [0.15, 0.2) is 30.5 Å². The predicted molar refractivity (Wildman–Crippen MR) is 81.5 cm³/mol. The summed E-state index contributed by atoms with van der Waals surface area (Å²) in [5.74, 6) is 0.0327. The topological polar surface area (TPSA) is 49.8 Å². The van der Waals surface area contributed by atoms with E-state index in [9.17, 15) is 4.39 Å². The summed E-state index contributed by atoms with van der Waals surface area (Å²) in [6.45, 7) is 0.449. The van der Waals surface area contributed by atoms with Crippen LogP contribution < -0.4 is 10.6 Å². The van der Waals surface area contributed by atoms with Gasteiger partial charge in [0, 0.05) is 6.54 Å². The maximum absolute atomic E-state index is 12.8. The zero-order chi connectivity index (χ0) is 14.5. The number of nitrogens with zero attached hydrogens (tertiary/aromatic N) is 2. The van der Waals surface area contributed by atoms with Gasteiger partial charge in [-0.25, -0.2) is 14.4 Å². The predicted octanol–water partition coefficient (Wildman–Crippen LogP) is 3.41. The zero-order valence-corrected chi connectivity index (χ0v) is 12.4. The fourth-order valence-electron chi connectivity index (χ4n) is 1.37. The van der Waals surface area contributed by atoms with Crippen molar-refractivity contribution in [2.75, 3.05) is 5.32 Å². The highest BCUT2D eigenvalue weighted by molar-refractivity contribution is 7.80. The number of hydrogen-bond donors (Lipinski definition) is 2. The number of anilines is 1.